The first-order valence-corrected chi connectivity index (χ1v) is 9.72. The molecule has 3 rings (SSSR count). The average molecular weight is 394 g/mol. The van der Waals surface area contributed by atoms with Crippen molar-refractivity contribution in [3.05, 3.63) is 23.8 Å². The summed E-state index contributed by atoms with van der Waals surface area (Å²) in [5.74, 6) is 1.22. The van der Waals surface area contributed by atoms with Gasteiger partial charge in [-0.1, -0.05) is 13.0 Å². The molecule has 0 saturated carbocycles. The van der Waals surface area contributed by atoms with E-state index in [0.717, 1.165) is 5.56 Å². The third kappa shape index (κ3) is 7.01. The SMILES string of the molecule is C1CCNC1.CCC(=O)NC(C)C(OCOC=O)c1ccc2c(c1)OCCO2. The normalized spacial score (nSPS) is 16.9. The fourth-order valence-electron chi connectivity index (χ4n) is 2.96. The lowest BCUT2D eigenvalue weighted by atomic mass is 10.0. The van der Waals surface area contributed by atoms with Gasteiger partial charge in [0.2, 0.25) is 5.91 Å². The van der Waals surface area contributed by atoms with Crippen LogP contribution in [0, 0.1) is 0 Å². The summed E-state index contributed by atoms with van der Waals surface area (Å²) in [5, 5.41) is 6.08. The van der Waals surface area contributed by atoms with Crippen LogP contribution in [-0.4, -0.2) is 51.5 Å². The van der Waals surface area contributed by atoms with Gasteiger partial charge in [-0.15, -0.1) is 0 Å². The van der Waals surface area contributed by atoms with Crippen LogP contribution in [0.1, 0.15) is 44.8 Å². The Kier molecular flexibility index (Phi) is 9.57. The van der Waals surface area contributed by atoms with Crippen LogP contribution in [0.5, 0.6) is 11.5 Å². The van der Waals surface area contributed by atoms with Gasteiger partial charge in [0.05, 0.1) is 6.04 Å². The molecule has 156 valence electrons. The molecule has 0 aromatic heterocycles. The Hall–Kier alpha value is -2.32. The number of hydrogen-bond donors (Lipinski definition) is 2. The van der Waals surface area contributed by atoms with Gasteiger partial charge in [0, 0.05) is 6.42 Å². The molecule has 1 amide bonds. The summed E-state index contributed by atoms with van der Waals surface area (Å²) in [7, 11) is 0. The summed E-state index contributed by atoms with van der Waals surface area (Å²) in [6.45, 7) is 7.22. The Labute approximate surface area is 165 Å². The lowest BCUT2D eigenvalue weighted by Crippen LogP contribution is -2.38. The van der Waals surface area contributed by atoms with Gasteiger partial charge in [-0.05, 0) is 50.6 Å². The first-order chi connectivity index (χ1) is 13.7. The number of carbonyl (C=O) groups excluding carboxylic acids is 2. The number of carbonyl (C=O) groups is 2. The maximum atomic E-state index is 11.6. The Morgan fingerprint density at radius 1 is 1.25 bits per heavy atom. The maximum Gasteiger partial charge on any atom is 0.295 e. The predicted octanol–water partition coefficient (Wildman–Crippen LogP) is 1.93. The van der Waals surface area contributed by atoms with Crippen molar-refractivity contribution in [2.24, 2.45) is 0 Å². The van der Waals surface area contributed by atoms with Gasteiger partial charge in [-0.2, -0.15) is 0 Å². The van der Waals surface area contributed by atoms with E-state index < -0.39 is 6.10 Å². The highest BCUT2D eigenvalue weighted by Crippen LogP contribution is 2.34. The van der Waals surface area contributed by atoms with Crippen LogP contribution in [0.3, 0.4) is 0 Å². The highest BCUT2D eigenvalue weighted by atomic mass is 16.7. The largest absolute Gasteiger partial charge is 0.486 e. The summed E-state index contributed by atoms with van der Waals surface area (Å²) in [4.78, 5) is 21.9. The topological polar surface area (TPSA) is 95.1 Å². The summed E-state index contributed by atoms with van der Waals surface area (Å²) in [6, 6.07) is 5.15. The molecule has 2 aliphatic heterocycles. The first kappa shape index (κ1) is 22.0. The second-order valence-electron chi connectivity index (χ2n) is 6.54. The Bertz CT molecular complexity index is 613. The van der Waals surface area contributed by atoms with E-state index in [2.05, 4.69) is 15.4 Å². The molecule has 2 atom stereocenters. The molecule has 2 N–H and O–H groups in total. The molecule has 0 spiro atoms. The summed E-state index contributed by atoms with van der Waals surface area (Å²) < 4.78 is 21.3. The number of ether oxygens (including phenoxy) is 4. The van der Waals surface area contributed by atoms with Gasteiger partial charge in [0.25, 0.3) is 6.47 Å². The molecule has 1 saturated heterocycles. The van der Waals surface area contributed by atoms with E-state index in [4.69, 9.17) is 14.2 Å². The van der Waals surface area contributed by atoms with Crippen LogP contribution >= 0.6 is 0 Å². The molecule has 1 fully saturated rings. The monoisotopic (exact) mass is 394 g/mol. The summed E-state index contributed by atoms with van der Waals surface area (Å²) in [6.07, 6.45) is 2.67. The van der Waals surface area contributed by atoms with Crippen LogP contribution in [0.4, 0.5) is 0 Å². The van der Waals surface area contributed by atoms with Gasteiger partial charge in [-0.25, -0.2) is 0 Å². The summed E-state index contributed by atoms with van der Waals surface area (Å²) >= 11 is 0. The van der Waals surface area contributed by atoms with Crippen molar-refractivity contribution in [1.29, 1.82) is 0 Å². The zero-order valence-electron chi connectivity index (χ0n) is 16.6. The number of hydrogen-bond acceptors (Lipinski definition) is 7. The number of amides is 1. The van der Waals surface area contributed by atoms with E-state index in [1.807, 2.05) is 19.1 Å². The zero-order valence-corrected chi connectivity index (χ0v) is 16.6. The molecular weight excluding hydrogens is 364 g/mol. The van der Waals surface area contributed by atoms with E-state index in [-0.39, 0.29) is 18.7 Å². The third-order valence-electron chi connectivity index (χ3n) is 4.40. The minimum Gasteiger partial charge on any atom is -0.486 e. The fraction of sp³-hybridized carbons (Fsp3) is 0.600. The second kappa shape index (κ2) is 12.2. The van der Waals surface area contributed by atoms with Crippen LogP contribution < -0.4 is 20.1 Å². The third-order valence-corrected chi connectivity index (χ3v) is 4.40. The van der Waals surface area contributed by atoms with Gasteiger partial charge in [-0.3, -0.25) is 9.59 Å². The van der Waals surface area contributed by atoms with Crippen molar-refractivity contribution in [2.45, 2.75) is 45.3 Å². The fourth-order valence-corrected chi connectivity index (χ4v) is 2.96. The maximum absolute atomic E-state index is 11.6. The van der Waals surface area contributed by atoms with E-state index >= 15 is 0 Å². The lowest BCUT2D eigenvalue weighted by Gasteiger charge is -2.26. The molecule has 0 radical (unpaired) electrons. The van der Waals surface area contributed by atoms with Crippen LogP contribution in [0.25, 0.3) is 0 Å². The van der Waals surface area contributed by atoms with E-state index in [9.17, 15) is 9.59 Å². The van der Waals surface area contributed by atoms with Crippen molar-refractivity contribution >= 4 is 12.4 Å². The summed E-state index contributed by atoms with van der Waals surface area (Å²) in [5.41, 5.74) is 0.799. The molecule has 0 aliphatic carbocycles. The molecule has 8 nitrogen and oxygen atoms in total. The van der Waals surface area contributed by atoms with Gasteiger partial charge >= 0.3 is 0 Å². The van der Waals surface area contributed by atoms with Crippen LogP contribution in [0.15, 0.2) is 18.2 Å². The Balaban J connectivity index is 0.000000485. The van der Waals surface area contributed by atoms with E-state index in [1.54, 1.807) is 13.0 Å². The quantitative estimate of drug-likeness (QED) is 0.395. The van der Waals surface area contributed by atoms with E-state index in [1.165, 1.54) is 25.9 Å². The van der Waals surface area contributed by atoms with Crippen molar-refractivity contribution in [1.82, 2.24) is 10.6 Å². The van der Waals surface area contributed by atoms with E-state index in [0.29, 0.717) is 37.6 Å². The number of nitrogens with one attached hydrogen (secondary N) is 2. The minimum absolute atomic E-state index is 0.0834. The first-order valence-electron chi connectivity index (χ1n) is 9.72. The highest BCUT2D eigenvalue weighted by molar-refractivity contribution is 5.75. The van der Waals surface area contributed by atoms with Gasteiger partial charge in [0.1, 0.15) is 19.3 Å². The molecule has 2 heterocycles. The van der Waals surface area contributed by atoms with Gasteiger partial charge < -0.3 is 29.6 Å². The Morgan fingerprint density at radius 3 is 2.57 bits per heavy atom. The standard InChI is InChI=1S/C16H21NO6.C4H9N/c1-3-15(19)17-11(2)16(23-10-20-9-18)12-4-5-13-14(8-12)22-7-6-21-13;1-2-4-5-3-1/h4-5,8-9,11,16H,3,6-7,10H2,1-2H3,(H,17,19);5H,1-4H2. The molecule has 1 aromatic carbocycles. The van der Waals surface area contributed by atoms with Crippen molar-refractivity contribution in [3.8, 4) is 11.5 Å². The molecule has 8 heteroatoms. The lowest BCUT2D eigenvalue weighted by molar-refractivity contribution is -0.148. The zero-order chi connectivity index (χ0) is 20.2. The Morgan fingerprint density at radius 2 is 1.96 bits per heavy atom. The number of fused-ring (bicyclic) bond motifs is 1. The minimum atomic E-state index is -0.485. The average Bonchev–Trinajstić information content (AvgIpc) is 3.31. The van der Waals surface area contributed by atoms with Gasteiger partial charge in [0.15, 0.2) is 18.3 Å². The second-order valence-corrected chi connectivity index (χ2v) is 6.54. The van der Waals surface area contributed by atoms with Crippen molar-refractivity contribution in [2.75, 3.05) is 33.1 Å². The molecular formula is C20H30N2O6. The molecule has 2 unspecified atom stereocenters. The smallest absolute Gasteiger partial charge is 0.295 e. The number of benzene rings is 1. The van der Waals surface area contributed by atoms with Crippen LogP contribution in [0.2, 0.25) is 0 Å². The van der Waals surface area contributed by atoms with Crippen LogP contribution in [-0.2, 0) is 19.1 Å². The number of rotatable bonds is 8. The van der Waals surface area contributed by atoms with Crippen molar-refractivity contribution in [3.63, 3.8) is 0 Å². The van der Waals surface area contributed by atoms with Crippen molar-refractivity contribution < 1.29 is 28.5 Å². The highest BCUT2D eigenvalue weighted by Gasteiger charge is 2.24. The molecule has 0 bridgehead atoms. The predicted molar refractivity (Wildman–Crippen MR) is 103 cm³/mol. The molecule has 28 heavy (non-hydrogen) atoms. The molecule has 1 aromatic rings. The molecule has 2 aliphatic rings.